The Hall–Kier alpha value is -1.36. The first-order chi connectivity index (χ1) is 7.17. The first-order valence-corrected chi connectivity index (χ1v) is 5.29. The standard InChI is InChI=1S/C10H13NO3S/c1-13-8-5-7(11)3-4-9(8)15-6-10(12)14-2/h3-5H,6,11H2,1-2H3. The Morgan fingerprint density at radius 2 is 2.20 bits per heavy atom. The van der Waals surface area contributed by atoms with Crippen molar-refractivity contribution >= 4 is 23.4 Å². The number of hydrogen-bond acceptors (Lipinski definition) is 5. The first kappa shape index (κ1) is 11.7. The third-order valence-electron chi connectivity index (χ3n) is 1.76. The molecule has 82 valence electrons. The lowest BCUT2D eigenvalue weighted by atomic mass is 10.3. The smallest absolute Gasteiger partial charge is 0.315 e. The van der Waals surface area contributed by atoms with Crippen LogP contribution in [0.5, 0.6) is 5.75 Å². The van der Waals surface area contributed by atoms with E-state index < -0.39 is 0 Å². The predicted octanol–water partition coefficient (Wildman–Crippen LogP) is 1.54. The molecule has 1 aromatic rings. The number of esters is 1. The Kier molecular flexibility index (Phi) is 4.30. The fourth-order valence-electron chi connectivity index (χ4n) is 0.999. The van der Waals surface area contributed by atoms with Crippen molar-refractivity contribution in [2.75, 3.05) is 25.7 Å². The molecule has 0 amide bonds. The highest BCUT2D eigenvalue weighted by Gasteiger charge is 2.07. The van der Waals surface area contributed by atoms with Crippen LogP contribution in [-0.4, -0.2) is 25.9 Å². The van der Waals surface area contributed by atoms with Crippen LogP contribution in [-0.2, 0) is 9.53 Å². The van der Waals surface area contributed by atoms with Crippen molar-refractivity contribution in [2.24, 2.45) is 0 Å². The fourth-order valence-corrected chi connectivity index (χ4v) is 1.84. The summed E-state index contributed by atoms with van der Waals surface area (Å²) >= 11 is 1.36. The quantitative estimate of drug-likeness (QED) is 0.480. The second-order valence-corrected chi connectivity index (χ2v) is 3.79. The number of hydrogen-bond donors (Lipinski definition) is 1. The van der Waals surface area contributed by atoms with Crippen molar-refractivity contribution in [2.45, 2.75) is 4.90 Å². The van der Waals surface area contributed by atoms with Gasteiger partial charge in [0.2, 0.25) is 0 Å². The fraction of sp³-hybridized carbons (Fsp3) is 0.300. The molecule has 1 rings (SSSR count). The molecule has 0 aromatic heterocycles. The van der Waals surface area contributed by atoms with Crippen LogP contribution >= 0.6 is 11.8 Å². The molecular formula is C10H13NO3S. The zero-order valence-electron chi connectivity index (χ0n) is 8.65. The average Bonchev–Trinajstić information content (AvgIpc) is 2.26. The van der Waals surface area contributed by atoms with Crippen LogP contribution in [0.25, 0.3) is 0 Å². The second kappa shape index (κ2) is 5.50. The van der Waals surface area contributed by atoms with Crippen molar-refractivity contribution in [3.63, 3.8) is 0 Å². The van der Waals surface area contributed by atoms with E-state index in [1.807, 2.05) is 6.07 Å². The average molecular weight is 227 g/mol. The van der Waals surface area contributed by atoms with E-state index in [4.69, 9.17) is 10.5 Å². The third-order valence-corrected chi connectivity index (χ3v) is 2.79. The van der Waals surface area contributed by atoms with Crippen molar-refractivity contribution in [3.8, 4) is 5.75 Å². The number of carbonyl (C=O) groups excluding carboxylic acids is 1. The zero-order chi connectivity index (χ0) is 11.3. The Morgan fingerprint density at radius 1 is 1.47 bits per heavy atom. The van der Waals surface area contributed by atoms with Crippen LogP contribution in [0.1, 0.15) is 0 Å². The molecular weight excluding hydrogens is 214 g/mol. The highest BCUT2D eigenvalue weighted by atomic mass is 32.2. The number of methoxy groups -OCH3 is 2. The normalized spacial score (nSPS) is 9.73. The van der Waals surface area contributed by atoms with Crippen molar-refractivity contribution in [1.29, 1.82) is 0 Å². The molecule has 0 fully saturated rings. The number of anilines is 1. The summed E-state index contributed by atoms with van der Waals surface area (Å²) in [6.45, 7) is 0. The summed E-state index contributed by atoms with van der Waals surface area (Å²) in [5.74, 6) is 0.666. The Labute approximate surface area is 92.7 Å². The van der Waals surface area contributed by atoms with Gasteiger partial charge in [-0.05, 0) is 12.1 Å². The van der Waals surface area contributed by atoms with E-state index in [0.717, 1.165) is 4.90 Å². The Morgan fingerprint density at radius 3 is 2.80 bits per heavy atom. The largest absolute Gasteiger partial charge is 0.496 e. The molecule has 0 spiro atoms. The molecule has 0 radical (unpaired) electrons. The van der Waals surface area contributed by atoms with Crippen LogP contribution in [0, 0.1) is 0 Å². The topological polar surface area (TPSA) is 61.5 Å². The predicted molar refractivity (Wildman–Crippen MR) is 60.1 cm³/mol. The molecule has 0 heterocycles. The summed E-state index contributed by atoms with van der Waals surface area (Å²) in [6, 6.07) is 5.31. The maximum absolute atomic E-state index is 10.9. The van der Waals surface area contributed by atoms with Gasteiger partial charge in [-0.15, -0.1) is 11.8 Å². The van der Waals surface area contributed by atoms with Gasteiger partial charge in [0.25, 0.3) is 0 Å². The summed E-state index contributed by atoms with van der Waals surface area (Å²) in [5, 5.41) is 0. The monoisotopic (exact) mass is 227 g/mol. The van der Waals surface area contributed by atoms with Crippen molar-refractivity contribution in [1.82, 2.24) is 0 Å². The molecule has 5 heteroatoms. The van der Waals surface area contributed by atoms with Crippen LogP contribution in [0.4, 0.5) is 5.69 Å². The molecule has 1 aromatic carbocycles. The van der Waals surface area contributed by atoms with Gasteiger partial charge >= 0.3 is 5.97 Å². The van der Waals surface area contributed by atoms with E-state index in [1.165, 1.54) is 18.9 Å². The first-order valence-electron chi connectivity index (χ1n) is 4.30. The molecule has 4 nitrogen and oxygen atoms in total. The minimum atomic E-state index is -0.265. The number of rotatable bonds is 4. The van der Waals surface area contributed by atoms with Gasteiger partial charge in [-0.1, -0.05) is 0 Å². The van der Waals surface area contributed by atoms with E-state index in [9.17, 15) is 4.79 Å². The molecule has 0 unspecified atom stereocenters. The van der Waals surface area contributed by atoms with Gasteiger partial charge in [0.05, 0.1) is 24.9 Å². The highest BCUT2D eigenvalue weighted by molar-refractivity contribution is 8.00. The molecule has 0 bridgehead atoms. The molecule has 0 saturated heterocycles. The SMILES string of the molecule is COC(=O)CSc1ccc(N)cc1OC. The summed E-state index contributed by atoms with van der Waals surface area (Å²) in [5.41, 5.74) is 6.24. The zero-order valence-corrected chi connectivity index (χ0v) is 9.47. The molecule has 2 N–H and O–H groups in total. The van der Waals surface area contributed by atoms with Crippen molar-refractivity contribution in [3.05, 3.63) is 18.2 Å². The maximum Gasteiger partial charge on any atom is 0.315 e. The number of nitrogen functional groups attached to an aromatic ring is 1. The summed E-state index contributed by atoms with van der Waals surface area (Å²) < 4.78 is 9.68. The van der Waals surface area contributed by atoms with E-state index in [1.54, 1.807) is 19.2 Å². The van der Waals surface area contributed by atoms with Gasteiger partial charge in [-0.25, -0.2) is 0 Å². The van der Waals surface area contributed by atoms with Crippen molar-refractivity contribution < 1.29 is 14.3 Å². The van der Waals surface area contributed by atoms with E-state index in [-0.39, 0.29) is 11.7 Å². The highest BCUT2D eigenvalue weighted by Crippen LogP contribution is 2.30. The summed E-state index contributed by atoms with van der Waals surface area (Å²) in [6.07, 6.45) is 0. The van der Waals surface area contributed by atoms with Gasteiger partial charge < -0.3 is 15.2 Å². The Balaban J connectivity index is 2.72. The van der Waals surface area contributed by atoms with Gasteiger partial charge in [0.15, 0.2) is 0 Å². The molecule has 0 atom stereocenters. The molecule has 15 heavy (non-hydrogen) atoms. The van der Waals surface area contributed by atoms with Gasteiger partial charge in [-0.2, -0.15) is 0 Å². The minimum Gasteiger partial charge on any atom is -0.496 e. The number of benzene rings is 1. The molecule has 0 aliphatic rings. The van der Waals surface area contributed by atoms with Crippen LogP contribution < -0.4 is 10.5 Å². The van der Waals surface area contributed by atoms with E-state index in [2.05, 4.69) is 4.74 Å². The molecule has 0 aliphatic carbocycles. The van der Waals surface area contributed by atoms with E-state index >= 15 is 0 Å². The lowest BCUT2D eigenvalue weighted by molar-refractivity contribution is -0.137. The number of thioether (sulfide) groups is 1. The maximum atomic E-state index is 10.9. The lowest BCUT2D eigenvalue weighted by Gasteiger charge is -2.07. The number of nitrogens with two attached hydrogens (primary N) is 1. The lowest BCUT2D eigenvalue weighted by Crippen LogP contribution is -2.03. The minimum absolute atomic E-state index is 0.261. The molecule has 0 saturated carbocycles. The second-order valence-electron chi connectivity index (χ2n) is 2.78. The van der Waals surface area contributed by atoms with Crippen LogP contribution in [0.3, 0.4) is 0 Å². The summed E-state index contributed by atoms with van der Waals surface area (Å²) in [4.78, 5) is 11.8. The van der Waals surface area contributed by atoms with Gasteiger partial charge in [0, 0.05) is 11.8 Å². The Bertz CT molecular complexity index is 355. The van der Waals surface area contributed by atoms with Gasteiger partial charge in [0.1, 0.15) is 5.75 Å². The van der Waals surface area contributed by atoms with Crippen LogP contribution in [0.2, 0.25) is 0 Å². The van der Waals surface area contributed by atoms with E-state index in [0.29, 0.717) is 11.4 Å². The third kappa shape index (κ3) is 3.36. The van der Waals surface area contributed by atoms with Crippen LogP contribution in [0.15, 0.2) is 23.1 Å². The molecule has 0 aliphatic heterocycles. The number of ether oxygens (including phenoxy) is 2. The van der Waals surface area contributed by atoms with Gasteiger partial charge in [-0.3, -0.25) is 4.79 Å². The number of carbonyl (C=O) groups is 1. The summed E-state index contributed by atoms with van der Waals surface area (Å²) in [7, 11) is 2.93.